The zero-order valence-corrected chi connectivity index (χ0v) is 17.0. The molecule has 0 heterocycles. The van der Waals surface area contributed by atoms with E-state index in [1.165, 1.54) is 30.3 Å². The lowest BCUT2D eigenvalue weighted by Crippen LogP contribution is -2.13. The van der Waals surface area contributed by atoms with E-state index in [-0.39, 0.29) is 22.0 Å². The van der Waals surface area contributed by atoms with Crippen LogP contribution >= 0.6 is 34.2 Å². The van der Waals surface area contributed by atoms with Gasteiger partial charge in [0.15, 0.2) is 11.5 Å². The van der Waals surface area contributed by atoms with Gasteiger partial charge in [-0.05, 0) is 65.1 Å². The first-order valence-corrected chi connectivity index (χ1v) is 10.3. The van der Waals surface area contributed by atoms with Gasteiger partial charge < -0.3 is 4.18 Å². The molecule has 3 aromatic carbocycles. The lowest BCUT2D eigenvalue weighted by molar-refractivity contribution is 0.103. The maximum atomic E-state index is 12.8. The summed E-state index contributed by atoms with van der Waals surface area (Å²) in [5.41, 5.74) is 0.629. The first kappa shape index (κ1) is 18.9. The van der Waals surface area contributed by atoms with Crippen LogP contribution in [-0.4, -0.2) is 14.2 Å². The Balaban J connectivity index is 2.01. The predicted octanol–water partition coefficient (Wildman–Crippen LogP) is 4.94. The Bertz CT molecular complexity index is 1050. The molecule has 3 rings (SSSR count). The summed E-state index contributed by atoms with van der Waals surface area (Å²) in [5, 5.41) is 0.415. The van der Waals surface area contributed by atoms with Crippen molar-refractivity contribution in [3.8, 4) is 5.75 Å². The van der Waals surface area contributed by atoms with Gasteiger partial charge in [-0.2, -0.15) is 8.42 Å². The van der Waals surface area contributed by atoms with E-state index in [1.807, 2.05) is 0 Å². The van der Waals surface area contributed by atoms with Gasteiger partial charge in [0, 0.05) is 14.2 Å². The SMILES string of the molecule is O=C(c1ccccc1)c1cc(I)ccc1OS(=O)(=O)c1ccc(Cl)cc1. The summed E-state index contributed by atoms with van der Waals surface area (Å²) >= 11 is 7.85. The molecule has 0 aliphatic rings. The third-order valence-corrected chi connectivity index (χ3v) is 5.70. The Morgan fingerprint density at radius 2 is 1.58 bits per heavy atom. The van der Waals surface area contributed by atoms with Crippen LogP contribution in [0.5, 0.6) is 5.75 Å². The monoisotopic (exact) mass is 498 g/mol. The van der Waals surface area contributed by atoms with Crippen LogP contribution in [0.2, 0.25) is 5.02 Å². The zero-order valence-electron chi connectivity index (χ0n) is 13.2. The Labute approximate surface area is 170 Å². The number of hydrogen-bond donors (Lipinski definition) is 0. The lowest BCUT2D eigenvalue weighted by atomic mass is 10.0. The molecule has 0 aromatic heterocycles. The highest BCUT2D eigenvalue weighted by Crippen LogP contribution is 2.27. The van der Waals surface area contributed by atoms with Crippen LogP contribution in [0.1, 0.15) is 15.9 Å². The minimum Gasteiger partial charge on any atom is -0.378 e. The smallest absolute Gasteiger partial charge is 0.339 e. The van der Waals surface area contributed by atoms with Crippen LogP contribution < -0.4 is 4.18 Å². The molecule has 0 amide bonds. The van der Waals surface area contributed by atoms with Crippen molar-refractivity contribution in [1.82, 2.24) is 0 Å². The number of halogens is 2. The van der Waals surface area contributed by atoms with Crippen molar-refractivity contribution in [2.45, 2.75) is 4.90 Å². The van der Waals surface area contributed by atoms with E-state index >= 15 is 0 Å². The van der Waals surface area contributed by atoms with Crippen molar-refractivity contribution >= 4 is 50.1 Å². The van der Waals surface area contributed by atoms with E-state index in [9.17, 15) is 13.2 Å². The maximum Gasteiger partial charge on any atom is 0.339 e. The molecule has 0 radical (unpaired) electrons. The van der Waals surface area contributed by atoms with Crippen LogP contribution in [0.4, 0.5) is 0 Å². The van der Waals surface area contributed by atoms with Crippen LogP contribution in [0.25, 0.3) is 0 Å². The van der Waals surface area contributed by atoms with Gasteiger partial charge in [0.2, 0.25) is 0 Å². The summed E-state index contributed by atoms with van der Waals surface area (Å²) in [5.74, 6) is -0.334. The number of carbonyl (C=O) groups excluding carboxylic acids is 1. The van der Waals surface area contributed by atoms with Gasteiger partial charge in [-0.15, -0.1) is 0 Å². The quantitative estimate of drug-likeness (QED) is 0.284. The van der Waals surface area contributed by atoms with Crippen molar-refractivity contribution in [3.63, 3.8) is 0 Å². The van der Waals surface area contributed by atoms with Crippen molar-refractivity contribution in [2.75, 3.05) is 0 Å². The Morgan fingerprint density at radius 3 is 2.23 bits per heavy atom. The second kappa shape index (κ2) is 7.77. The molecular formula is C19H12ClIO4S. The van der Waals surface area contributed by atoms with Crippen molar-refractivity contribution in [1.29, 1.82) is 0 Å². The molecule has 0 unspecified atom stereocenters. The largest absolute Gasteiger partial charge is 0.378 e. The van der Waals surface area contributed by atoms with E-state index in [1.54, 1.807) is 42.5 Å². The summed E-state index contributed by atoms with van der Waals surface area (Å²) < 4.78 is 31.1. The molecule has 0 aliphatic carbocycles. The van der Waals surface area contributed by atoms with Gasteiger partial charge in [-0.1, -0.05) is 41.9 Å². The highest BCUT2D eigenvalue weighted by Gasteiger charge is 2.22. The van der Waals surface area contributed by atoms with Gasteiger partial charge in [-0.3, -0.25) is 4.79 Å². The summed E-state index contributed by atoms with van der Waals surface area (Å²) in [6.45, 7) is 0. The molecule has 0 fully saturated rings. The first-order valence-electron chi connectivity index (χ1n) is 7.46. The minimum absolute atomic E-state index is 0.0192. The molecule has 132 valence electrons. The third kappa shape index (κ3) is 4.25. The predicted molar refractivity (Wildman–Crippen MR) is 108 cm³/mol. The Hall–Kier alpha value is -1.90. The molecule has 0 saturated heterocycles. The number of rotatable bonds is 5. The lowest BCUT2D eigenvalue weighted by Gasteiger charge is -2.12. The second-order valence-corrected chi connectivity index (χ2v) is 8.56. The normalized spacial score (nSPS) is 11.2. The fourth-order valence-corrected chi connectivity index (χ4v) is 3.83. The topological polar surface area (TPSA) is 60.4 Å². The molecule has 7 heteroatoms. The summed E-state index contributed by atoms with van der Waals surface area (Å²) in [4.78, 5) is 12.7. The first-order chi connectivity index (χ1) is 12.4. The standard InChI is InChI=1S/C19H12ClIO4S/c20-14-6-9-16(10-7-14)26(23,24)25-18-11-8-15(21)12-17(18)19(22)13-4-2-1-3-5-13/h1-12H. The van der Waals surface area contributed by atoms with Crippen molar-refractivity contribution in [2.24, 2.45) is 0 Å². The molecule has 0 aliphatic heterocycles. The molecule has 0 N–H and O–H groups in total. The molecule has 0 atom stereocenters. The Morgan fingerprint density at radius 1 is 0.923 bits per heavy atom. The summed E-state index contributed by atoms with van der Waals surface area (Å²) in [6, 6.07) is 19.0. The average molecular weight is 499 g/mol. The second-order valence-electron chi connectivity index (χ2n) is 5.33. The van der Waals surface area contributed by atoms with Crippen molar-refractivity contribution < 1.29 is 17.4 Å². The van der Waals surface area contributed by atoms with Gasteiger partial charge in [-0.25, -0.2) is 0 Å². The van der Waals surface area contributed by atoms with E-state index in [0.29, 0.717) is 10.6 Å². The fraction of sp³-hybridized carbons (Fsp3) is 0. The molecule has 26 heavy (non-hydrogen) atoms. The van der Waals surface area contributed by atoms with E-state index < -0.39 is 10.1 Å². The maximum absolute atomic E-state index is 12.8. The third-order valence-electron chi connectivity index (χ3n) is 3.52. The molecule has 0 bridgehead atoms. The van der Waals surface area contributed by atoms with E-state index in [2.05, 4.69) is 22.6 Å². The number of benzene rings is 3. The number of hydrogen-bond acceptors (Lipinski definition) is 4. The van der Waals surface area contributed by atoms with Crippen LogP contribution in [0.3, 0.4) is 0 Å². The van der Waals surface area contributed by atoms with Gasteiger partial charge in [0.25, 0.3) is 0 Å². The van der Waals surface area contributed by atoms with Crippen LogP contribution in [-0.2, 0) is 10.1 Å². The highest BCUT2D eigenvalue weighted by atomic mass is 127. The zero-order chi connectivity index (χ0) is 18.7. The summed E-state index contributed by atoms with van der Waals surface area (Å²) in [7, 11) is -4.09. The molecule has 3 aromatic rings. The van der Waals surface area contributed by atoms with Gasteiger partial charge in [0.05, 0.1) is 5.56 Å². The molecule has 4 nitrogen and oxygen atoms in total. The average Bonchev–Trinajstić information content (AvgIpc) is 2.63. The number of ketones is 1. The van der Waals surface area contributed by atoms with Crippen LogP contribution in [0.15, 0.2) is 77.7 Å². The molecular weight excluding hydrogens is 487 g/mol. The van der Waals surface area contributed by atoms with Crippen molar-refractivity contribution in [3.05, 3.63) is 92.5 Å². The van der Waals surface area contributed by atoms with Gasteiger partial charge >= 0.3 is 10.1 Å². The van der Waals surface area contributed by atoms with E-state index in [0.717, 1.165) is 3.57 Å². The van der Waals surface area contributed by atoms with Crippen LogP contribution in [0, 0.1) is 3.57 Å². The molecule has 0 spiro atoms. The summed E-state index contributed by atoms with van der Waals surface area (Å²) in [6.07, 6.45) is 0. The Kier molecular flexibility index (Phi) is 5.64. The highest BCUT2D eigenvalue weighted by molar-refractivity contribution is 14.1. The minimum atomic E-state index is -4.09. The van der Waals surface area contributed by atoms with E-state index in [4.69, 9.17) is 15.8 Å². The molecule has 0 saturated carbocycles. The number of carbonyl (C=O) groups is 1. The fourth-order valence-electron chi connectivity index (χ4n) is 2.26. The van der Waals surface area contributed by atoms with Gasteiger partial charge in [0.1, 0.15) is 4.90 Å².